The van der Waals surface area contributed by atoms with Gasteiger partial charge in [0.25, 0.3) is 0 Å². The summed E-state index contributed by atoms with van der Waals surface area (Å²) in [7, 11) is 0. The first kappa shape index (κ1) is 13.8. The van der Waals surface area contributed by atoms with E-state index in [4.69, 9.17) is 4.98 Å². The van der Waals surface area contributed by atoms with Crippen LogP contribution in [0.5, 0.6) is 0 Å². The molecule has 106 valence electrons. The standard InChI is InChI=1S/C16H20BrN3/c1-11-16(13-4-6-14(17)7-5-13)20-15(19-11)9-12-3-2-8-18-10-12/h4-7,12,18H,2-3,8-10H2,1H3,(H,19,20). The zero-order valence-electron chi connectivity index (χ0n) is 11.7. The Balaban J connectivity index is 1.78. The molecule has 3 rings (SSSR count). The van der Waals surface area contributed by atoms with Crippen molar-refractivity contribution in [1.29, 1.82) is 0 Å². The number of aromatic nitrogens is 2. The van der Waals surface area contributed by atoms with Gasteiger partial charge in [-0.05, 0) is 50.9 Å². The molecule has 1 saturated heterocycles. The molecular weight excluding hydrogens is 314 g/mol. The molecule has 1 aliphatic heterocycles. The van der Waals surface area contributed by atoms with Gasteiger partial charge in [-0.25, -0.2) is 4.98 Å². The number of halogens is 1. The quantitative estimate of drug-likeness (QED) is 0.899. The molecule has 1 unspecified atom stereocenters. The van der Waals surface area contributed by atoms with Crippen LogP contribution in [0.25, 0.3) is 11.3 Å². The van der Waals surface area contributed by atoms with Crippen LogP contribution in [-0.2, 0) is 6.42 Å². The fourth-order valence-electron chi connectivity index (χ4n) is 2.88. The minimum Gasteiger partial charge on any atom is -0.346 e. The average Bonchev–Trinajstić information content (AvgIpc) is 2.81. The molecule has 0 bridgehead atoms. The summed E-state index contributed by atoms with van der Waals surface area (Å²) in [6.07, 6.45) is 3.63. The summed E-state index contributed by atoms with van der Waals surface area (Å²) in [5, 5.41) is 3.47. The van der Waals surface area contributed by atoms with Crippen molar-refractivity contribution in [2.45, 2.75) is 26.2 Å². The molecule has 1 fully saturated rings. The van der Waals surface area contributed by atoms with Crippen molar-refractivity contribution >= 4 is 15.9 Å². The first-order valence-corrected chi connectivity index (χ1v) is 8.04. The van der Waals surface area contributed by atoms with E-state index in [1.54, 1.807) is 0 Å². The van der Waals surface area contributed by atoms with Gasteiger partial charge in [0.05, 0.1) is 5.69 Å². The van der Waals surface area contributed by atoms with Gasteiger partial charge in [0.15, 0.2) is 0 Å². The Bertz CT molecular complexity index is 568. The molecule has 4 heteroatoms. The number of aryl methyl sites for hydroxylation is 1. The molecule has 0 amide bonds. The van der Waals surface area contributed by atoms with E-state index in [0.29, 0.717) is 5.92 Å². The highest BCUT2D eigenvalue weighted by atomic mass is 79.9. The molecule has 0 saturated carbocycles. The highest BCUT2D eigenvalue weighted by molar-refractivity contribution is 9.10. The Morgan fingerprint density at radius 3 is 2.80 bits per heavy atom. The maximum atomic E-state index is 4.81. The van der Waals surface area contributed by atoms with Gasteiger partial charge in [-0.3, -0.25) is 0 Å². The van der Waals surface area contributed by atoms with E-state index in [9.17, 15) is 0 Å². The maximum Gasteiger partial charge on any atom is 0.107 e. The lowest BCUT2D eigenvalue weighted by Gasteiger charge is -2.21. The molecular formula is C16H20BrN3. The number of nitrogens with one attached hydrogen (secondary N) is 2. The van der Waals surface area contributed by atoms with Crippen molar-refractivity contribution in [3.8, 4) is 11.3 Å². The average molecular weight is 334 g/mol. The monoisotopic (exact) mass is 333 g/mol. The Hall–Kier alpha value is -1.13. The van der Waals surface area contributed by atoms with Gasteiger partial charge in [-0.2, -0.15) is 0 Å². The summed E-state index contributed by atoms with van der Waals surface area (Å²) in [4.78, 5) is 8.26. The number of H-pyrrole nitrogens is 1. The van der Waals surface area contributed by atoms with Crippen molar-refractivity contribution in [1.82, 2.24) is 15.3 Å². The summed E-state index contributed by atoms with van der Waals surface area (Å²) < 4.78 is 1.10. The zero-order chi connectivity index (χ0) is 13.9. The Morgan fingerprint density at radius 1 is 1.30 bits per heavy atom. The van der Waals surface area contributed by atoms with E-state index in [1.807, 2.05) is 0 Å². The predicted octanol–water partition coefficient (Wildman–Crippen LogP) is 3.69. The third-order valence-electron chi connectivity index (χ3n) is 3.93. The Labute approximate surface area is 128 Å². The normalized spacial score (nSPS) is 19.2. The summed E-state index contributed by atoms with van der Waals surface area (Å²) in [5.41, 5.74) is 3.41. The van der Waals surface area contributed by atoms with Crippen LogP contribution in [0.4, 0.5) is 0 Å². The number of hydrogen-bond acceptors (Lipinski definition) is 2. The van der Waals surface area contributed by atoms with Gasteiger partial charge in [0.1, 0.15) is 5.82 Å². The lowest BCUT2D eigenvalue weighted by Crippen LogP contribution is -2.31. The van der Waals surface area contributed by atoms with E-state index in [-0.39, 0.29) is 0 Å². The highest BCUT2D eigenvalue weighted by Gasteiger charge is 2.16. The number of piperidine rings is 1. The molecule has 2 aromatic rings. The third-order valence-corrected chi connectivity index (χ3v) is 4.46. The molecule has 1 aliphatic rings. The second kappa shape index (κ2) is 6.10. The minimum absolute atomic E-state index is 0.715. The van der Waals surface area contributed by atoms with E-state index in [1.165, 1.54) is 18.4 Å². The minimum atomic E-state index is 0.715. The van der Waals surface area contributed by atoms with Crippen molar-refractivity contribution in [2.75, 3.05) is 13.1 Å². The predicted molar refractivity (Wildman–Crippen MR) is 85.8 cm³/mol. The van der Waals surface area contributed by atoms with Crippen LogP contribution in [0.15, 0.2) is 28.7 Å². The molecule has 2 heterocycles. The van der Waals surface area contributed by atoms with Crippen LogP contribution in [-0.4, -0.2) is 23.1 Å². The van der Waals surface area contributed by atoms with Gasteiger partial charge in [0.2, 0.25) is 0 Å². The summed E-state index contributed by atoms with van der Waals surface area (Å²) in [6, 6.07) is 8.35. The fourth-order valence-corrected chi connectivity index (χ4v) is 3.14. The Morgan fingerprint density at radius 2 is 2.10 bits per heavy atom. The summed E-state index contributed by atoms with van der Waals surface area (Å²) >= 11 is 3.47. The number of rotatable bonds is 3. The fraction of sp³-hybridized carbons (Fsp3) is 0.438. The number of imidazole rings is 1. The third kappa shape index (κ3) is 3.13. The Kier molecular flexibility index (Phi) is 4.22. The molecule has 2 N–H and O–H groups in total. The van der Waals surface area contributed by atoms with Crippen LogP contribution in [0.3, 0.4) is 0 Å². The molecule has 0 spiro atoms. The molecule has 0 radical (unpaired) electrons. The van der Waals surface area contributed by atoms with Crippen molar-refractivity contribution < 1.29 is 0 Å². The van der Waals surface area contributed by atoms with Crippen molar-refractivity contribution in [2.24, 2.45) is 5.92 Å². The molecule has 1 atom stereocenters. The highest BCUT2D eigenvalue weighted by Crippen LogP contribution is 2.24. The summed E-state index contributed by atoms with van der Waals surface area (Å²) in [5.74, 6) is 1.83. The largest absolute Gasteiger partial charge is 0.346 e. The molecule has 1 aromatic heterocycles. The van der Waals surface area contributed by atoms with E-state index < -0.39 is 0 Å². The van der Waals surface area contributed by atoms with Gasteiger partial charge in [-0.1, -0.05) is 28.1 Å². The molecule has 3 nitrogen and oxygen atoms in total. The van der Waals surface area contributed by atoms with Gasteiger partial charge in [-0.15, -0.1) is 0 Å². The molecule has 1 aromatic carbocycles. The van der Waals surface area contributed by atoms with Gasteiger partial charge in [0, 0.05) is 22.2 Å². The van der Waals surface area contributed by atoms with E-state index in [0.717, 1.165) is 41.2 Å². The molecule has 20 heavy (non-hydrogen) atoms. The first-order valence-electron chi connectivity index (χ1n) is 7.24. The SMILES string of the molecule is Cc1[nH]c(CC2CCCNC2)nc1-c1ccc(Br)cc1. The number of aromatic amines is 1. The van der Waals surface area contributed by atoms with Gasteiger partial charge < -0.3 is 10.3 Å². The van der Waals surface area contributed by atoms with E-state index >= 15 is 0 Å². The maximum absolute atomic E-state index is 4.81. The molecule has 0 aliphatic carbocycles. The number of nitrogens with zero attached hydrogens (tertiary/aromatic N) is 1. The second-order valence-corrected chi connectivity index (χ2v) is 6.50. The number of hydrogen-bond donors (Lipinski definition) is 2. The summed E-state index contributed by atoms with van der Waals surface area (Å²) in [6.45, 7) is 4.39. The smallest absolute Gasteiger partial charge is 0.107 e. The lowest BCUT2D eigenvalue weighted by molar-refractivity contribution is 0.371. The van der Waals surface area contributed by atoms with Crippen LogP contribution in [0.1, 0.15) is 24.4 Å². The zero-order valence-corrected chi connectivity index (χ0v) is 13.3. The number of benzene rings is 1. The topological polar surface area (TPSA) is 40.7 Å². The van der Waals surface area contributed by atoms with Gasteiger partial charge >= 0.3 is 0 Å². The van der Waals surface area contributed by atoms with Crippen molar-refractivity contribution in [3.05, 3.63) is 40.3 Å². The van der Waals surface area contributed by atoms with E-state index in [2.05, 4.69) is 57.4 Å². The first-order chi connectivity index (χ1) is 9.72. The second-order valence-electron chi connectivity index (χ2n) is 5.58. The lowest BCUT2D eigenvalue weighted by atomic mass is 9.96. The van der Waals surface area contributed by atoms with Crippen LogP contribution in [0.2, 0.25) is 0 Å². The van der Waals surface area contributed by atoms with Crippen LogP contribution < -0.4 is 5.32 Å². The van der Waals surface area contributed by atoms with Crippen LogP contribution in [0, 0.1) is 12.8 Å². The van der Waals surface area contributed by atoms with Crippen molar-refractivity contribution in [3.63, 3.8) is 0 Å². The van der Waals surface area contributed by atoms with Crippen LogP contribution >= 0.6 is 15.9 Å².